The Kier molecular flexibility index (Phi) is 5.19. The van der Waals surface area contributed by atoms with Crippen LogP contribution in [0.2, 0.25) is 10.6 Å². The molecule has 0 aliphatic rings. The van der Waals surface area contributed by atoms with Gasteiger partial charge in [-0.05, 0) is 0 Å². The predicted molar refractivity (Wildman–Crippen MR) is 62.0 cm³/mol. The van der Waals surface area contributed by atoms with E-state index in [4.69, 9.17) is 0 Å². The van der Waals surface area contributed by atoms with Crippen molar-refractivity contribution in [1.82, 2.24) is 0 Å². The minimum atomic E-state index is -0.452. The number of hydrogen-bond acceptors (Lipinski definition) is 0. The summed E-state index contributed by atoms with van der Waals surface area (Å²) in [6.45, 7) is 4.62. The Morgan fingerprint density at radius 1 is 1.08 bits per heavy atom. The average molecular weight is 242 g/mol. The van der Waals surface area contributed by atoms with E-state index in [-0.39, 0.29) is 0 Å². The van der Waals surface area contributed by atoms with Gasteiger partial charge in [0, 0.05) is 0 Å². The van der Waals surface area contributed by atoms with Gasteiger partial charge in [0.25, 0.3) is 0 Å². The topological polar surface area (TPSA) is 0 Å². The summed E-state index contributed by atoms with van der Waals surface area (Å²) in [6, 6.07) is 11.1. The zero-order valence-corrected chi connectivity index (χ0v) is 10.3. The van der Waals surface area contributed by atoms with E-state index in [9.17, 15) is 0 Å². The Morgan fingerprint density at radius 3 is 2.31 bits per heavy atom. The molecule has 0 bridgehead atoms. The van der Waals surface area contributed by atoms with Gasteiger partial charge in [-0.2, -0.15) is 0 Å². The summed E-state index contributed by atoms with van der Waals surface area (Å²) in [4.78, 5) is 0. The van der Waals surface area contributed by atoms with Crippen molar-refractivity contribution < 1.29 is 0 Å². The molecular weight excluding hydrogens is 223 g/mol. The molecule has 0 saturated heterocycles. The van der Waals surface area contributed by atoms with Crippen LogP contribution < -0.4 is 4.46 Å². The molecule has 0 nitrogen and oxygen atoms in total. The van der Waals surface area contributed by atoms with Crippen molar-refractivity contribution in [3.8, 4) is 0 Å². The van der Waals surface area contributed by atoms with Crippen LogP contribution in [0.3, 0.4) is 0 Å². The molecular formula is C12H19Se+. The van der Waals surface area contributed by atoms with Crippen LogP contribution in [0.5, 0.6) is 0 Å². The van der Waals surface area contributed by atoms with E-state index in [1.165, 1.54) is 23.5 Å². The summed E-state index contributed by atoms with van der Waals surface area (Å²) in [5, 5.41) is 2.86. The van der Waals surface area contributed by atoms with Gasteiger partial charge in [-0.15, -0.1) is 0 Å². The average Bonchev–Trinajstić information content (AvgIpc) is 2.21. The van der Waals surface area contributed by atoms with Crippen molar-refractivity contribution in [2.45, 2.75) is 37.3 Å². The minimum absolute atomic E-state index is 0.452. The zero-order chi connectivity index (χ0) is 9.52. The number of unbranched alkanes of at least 4 members (excludes halogenated alkanes) is 1. The third-order valence-electron chi connectivity index (χ3n) is 2.17. The van der Waals surface area contributed by atoms with Gasteiger partial charge >= 0.3 is 86.0 Å². The molecule has 1 aromatic rings. The number of hydrogen-bond donors (Lipinski definition) is 0. The van der Waals surface area contributed by atoms with Crippen molar-refractivity contribution in [3.05, 3.63) is 30.3 Å². The third-order valence-corrected chi connectivity index (χ3v) is 7.24. The van der Waals surface area contributed by atoms with Gasteiger partial charge in [0.1, 0.15) is 0 Å². The van der Waals surface area contributed by atoms with Crippen molar-refractivity contribution >= 4 is 18.4 Å². The molecule has 13 heavy (non-hydrogen) atoms. The van der Waals surface area contributed by atoms with Crippen molar-refractivity contribution in [3.63, 3.8) is 0 Å². The van der Waals surface area contributed by atoms with Crippen LogP contribution in [-0.4, -0.2) is 13.9 Å². The van der Waals surface area contributed by atoms with Gasteiger partial charge in [-0.1, -0.05) is 0 Å². The second-order valence-corrected chi connectivity index (χ2v) is 8.28. The standard InChI is InChI=1S/C12H19Se/c1-3-5-11-13(4-2)12-9-7-6-8-10-12/h6-10H,3-5,11H2,1-2H3/q+1. The second kappa shape index (κ2) is 6.23. The first-order valence-corrected chi connectivity index (χ1v) is 8.39. The Balaban J connectivity index is 2.56. The molecule has 0 spiro atoms. The molecule has 0 aromatic heterocycles. The van der Waals surface area contributed by atoms with E-state index in [1.807, 2.05) is 0 Å². The van der Waals surface area contributed by atoms with Crippen molar-refractivity contribution in [1.29, 1.82) is 0 Å². The van der Waals surface area contributed by atoms with E-state index >= 15 is 0 Å². The zero-order valence-electron chi connectivity index (χ0n) is 8.62. The van der Waals surface area contributed by atoms with E-state index < -0.39 is 13.9 Å². The fourth-order valence-corrected chi connectivity index (χ4v) is 5.63. The molecule has 1 unspecified atom stereocenters. The van der Waals surface area contributed by atoms with Gasteiger partial charge in [0.05, 0.1) is 0 Å². The molecule has 72 valence electrons. The maximum atomic E-state index is 2.34. The molecule has 0 fully saturated rings. The van der Waals surface area contributed by atoms with Crippen molar-refractivity contribution in [2.75, 3.05) is 0 Å². The third kappa shape index (κ3) is 3.54. The molecule has 0 radical (unpaired) electrons. The monoisotopic (exact) mass is 243 g/mol. The molecule has 0 aliphatic heterocycles. The van der Waals surface area contributed by atoms with Crippen LogP contribution in [-0.2, 0) is 0 Å². The first-order chi connectivity index (χ1) is 6.38. The predicted octanol–water partition coefficient (Wildman–Crippen LogP) is 3.21. The maximum absolute atomic E-state index is 2.34. The van der Waals surface area contributed by atoms with Crippen LogP contribution in [0.1, 0.15) is 26.7 Å². The second-order valence-electron chi connectivity index (χ2n) is 3.15. The fourth-order valence-electron chi connectivity index (χ4n) is 1.36. The summed E-state index contributed by atoms with van der Waals surface area (Å²) in [6.07, 6.45) is 2.75. The normalized spacial score (nSPS) is 12.8. The van der Waals surface area contributed by atoms with Gasteiger partial charge in [0.2, 0.25) is 0 Å². The fraction of sp³-hybridized carbons (Fsp3) is 0.500. The van der Waals surface area contributed by atoms with Gasteiger partial charge in [-0.25, -0.2) is 0 Å². The Morgan fingerprint density at radius 2 is 1.77 bits per heavy atom. The molecule has 1 aromatic carbocycles. The van der Waals surface area contributed by atoms with Crippen LogP contribution in [0.25, 0.3) is 0 Å². The van der Waals surface area contributed by atoms with Gasteiger partial charge in [0.15, 0.2) is 0 Å². The molecule has 1 atom stereocenters. The van der Waals surface area contributed by atoms with Crippen LogP contribution in [0, 0.1) is 0 Å². The van der Waals surface area contributed by atoms with E-state index in [0.717, 1.165) is 0 Å². The van der Waals surface area contributed by atoms with E-state index in [2.05, 4.69) is 44.2 Å². The number of benzene rings is 1. The molecule has 0 aliphatic carbocycles. The molecule has 0 N–H and O–H groups in total. The Labute approximate surface area is 86.2 Å². The van der Waals surface area contributed by atoms with E-state index in [1.54, 1.807) is 4.46 Å². The SMILES string of the molecule is CCCC[Se+](CC)c1ccccc1. The molecule has 1 rings (SSSR count). The first-order valence-electron chi connectivity index (χ1n) is 5.11. The molecule has 0 heterocycles. The summed E-state index contributed by atoms with van der Waals surface area (Å²) >= 11 is -0.452. The Bertz CT molecular complexity index is 218. The summed E-state index contributed by atoms with van der Waals surface area (Å²) in [5.41, 5.74) is 0. The summed E-state index contributed by atoms with van der Waals surface area (Å²) in [5.74, 6) is 0. The molecule has 1 heteroatoms. The van der Waals surface area contributed by atoms with E-state index in [0.29, 0.717) is 0 Å². The molecule has 0 saturated carbocycles. The van der Waals surface area contributed by atoms with Gasteiger partial charge < -0.3 is 0 Å². The first kappa shape index (κ1) is 10.8. The van der Waals surface area contributed by atoms with Gasteiger partial charge in [-0.3, -0.25) is 0 Å². The molecule has 0 amide bonds. The van der Waals surface area contributed by atoms with Crippen LogP contribution in [0.4, 0.5) is 0 Å². The summed E-state index contributed by atoms with van der Waals surface area (Å²) < 4.78 is 1.64. The van der Waals surface area contributed by atoms with Crippen LogP contribution in [0.15, 0.2) is 30.3 Å². The number of rotatable bonds is 5. The Hall–Kier alpha value is -0.261. The quantitative estimate of drug-likeness (QED) is 0.695. The van der Waals surface area contributed by atoms with Crippen LogP contribution >= 0.6 is 0 Å². The van der Waals surface area contributed by atoms with Crippen molar-refractivity contribution in [2.24, 2.45) is 0 Å². The summed E-state index contributed by atoms with van der Waals surface area (Å²) in [7, 11) is 0.